The summed E-state index contributed by atoms with van der Waals surface area (Å²) in [5.74, 6) is -0.519. The van der Waals surface area contributed by atoms with Gasteiger partial charge in [-0.2, -0.15) is 0 Å². The maximum atomic E-state index is 12.9. The lowest BCUT2D eigenvalue weighted by Crippen LogP contribution is -2.53. The van der Waals surface area contributed by atoms with Crippen molar-refractivity contribution in [3.8, 4) is 17.1 Å². The number of aliphatic hydroxyl groups is 1. The van der Waals surface area contributed by atoms with E-state index in [4.69, 9.17) is 4.74 Å². The molecule has 1 saturated heterocycles. The third-order valence-corrected chi connectivity index (χ3v) is 5.29. The van der Waals surface area contributed by atoms with E-state index >= 15 is 0 Å². The van der Waals surface area contributed by atoms with Crippen molar-refractivity contribution in [2.24, 2.45) is 0 Å². The number of aryl methyl sites for hydroxylation is 1. The molecule has 2 heterocycles. The van der Waals surface area contributed by atoms with Crippen LogP contribution in [0.25, 0.3) is 11.1 Å². The average molecular weight is 432 g/mol. The predicted molar refractivity (Wildman–Crippen MR) is 118 cm³/mol. The molecular formula is C24H24N4O4. The fraction of sp³-hybridized carbons (Fsp3) is 0.250. The smallest absolute Gasteiger partial charge is 0.316 e. The Morgan fingerprint density at radius 3 is 2.34 bits per heavy atom. The molecule has 0 unspecified atom stereocenters. The first-order valence-corrected chi connectivity index (χ1v) is 10.3. The molecule has 1 aliphatic rings. The molecule has 0 spiro atoms. The number of nitrogens with one attached hydrogen (secondary N) is 1. The lowest BCUT2D eigenvalue weighted by Gasteiger charge is -2.36. The Balaban J connectivity index is 1.59. The summed E-state index contributed by atoms with van der Waals surface area (Å²) in [5.41, 5.74) is 4.31. The Kier molecular flexibility index (Phi) is 6.13. The van der Waals surface area contributed by atoms with Gasteiger partial charge < -0.3 is 20.1 Å². The molecule has 164 valence electrons. The Morgan fingerprint density at radius 2 is 1.72 bits per heavy atom. The number of benzene rings is 2. The van der Waals surface area contributed by atoms with E-state index in [1.807, 2.05) is 31.2 Å². The Hall–Kier alpha value is -3.78. The van der Waals surface area contributed by atoms with Crippen LogP contribution in [0.15, 0.2) is 54.9 Å². The summed E-state index contributed by atoms with van der Waals surface area (Å²) in [6, 6.07) is 13.3. The summed E-state index contributed by atoms with van der Waals surface area (Å²) in [6.07, 6.45) is 2.67. The number of methoxy groups -OCH3 is 1. The zero-order valence-corrected chi connectivity index (χ0v) is 17.9. The maximum Gasteiger partial charge on any atom is 0.316 e. The molecule has 3 aromatic rings. The van der Waals surface area contributed by atoms with Crippen LogP contribution >= 0.6 is 0 Å². The largest absolute Gasteiger partial charge is 0.467 e. The van der Waals surface area contributed by atoms with Crippen LogP contribution in [0.4, 0.5) is 0 Å². The number of amides is 2. The van der Waals surface area contributed by atoms with Crippen molar-refractivity contribution in [3.63, 3.8) is 0 Å². The molecule has 4 rings (SSSR count). The SMILES string of the molecule is COc1ncc(CNC(=O)c2cc(C(=O)N3CC(O)C3)cc(-c3ccc(C)cc3)c2)cn1. The number of carbonyl (C=O) groups is 2. The average Bonchev–Trinajstić information content (AvgIpc) is 2.80. The van der Waals surface area contributed by atoms with E-state index in [0.717, 1.165) is 22.3 Å². The lowest BCUT2D eigenvalue weighted by atomic mass is 9.97. The number of ether oxygens (including phenoxy) is 1. The normalized spacial score (nSPS) is 13.4. The molecule has 8 nitrogen and oxygen atoms in total. The third kappa shape index (κ3) is 4.76. The minimum absolute atomic E-state index is 0.207. The first-order valence-electron chi connectivity index (χ1n) is 10.3. The van der Waals surface area contributed by atoms with Crippen LogP contribution in [0.2, 0.25) is 0 Å². The quantitative estimate of drug-likeness (QED) is 0.619. The molecule has 1 aromatic heterocycles. The standard InChI is InChI=1S/C24H24N4O4/c1-15-3-5-17(6-4-15)18-7-19(9-20(8-18)23(31)28-13-21(29)14-28)22(30)25-10-16-11-26-24(32-2)27-12-16/h3-9,11-12,21,29H,10,13-14H2,1-2H3,(H,25,30). The van der Waals surface area contributed by atoms with Crippen molar-refractivity contribution in [1.82, 2.24) is 20.2 Å². The molecule has 0 bridgehead atoms. The summed E-state index contributed by atoms with van der Waals surface area (Å²) in [5, 5.41) is 12.4. The predicted octanol–water partition coefficient (Wildman–Crippen LogP) is 2.21. The summed E-state index contributed by atoms with van der Waals surface area (Å²) in [4.78, 5) is 35.4. The highest BCUT2D eigenvalue weighted by molar-refractivity contribution is 6.01. The second-order valence-corrected chi connectivity index (χ2v) is 7.79. The second-order valence-electron chi connectivity index (χ2n) is 7.79. The summed E-state index contributed by atoms with van der Waals surface area (Å²) < 4.78 is 4.94. The van der Waals surface area contributed by atoms with Crippen LogP contribution in [0, 0.1) is 6.92 Å². The van der Waals surface area contributed by atoms with E-state index in [1.54, 1.807) is 35.5 Å². The van der Waals surface area contributed by atoms with Crippen molar-refractivity contribution in [2.45, 2.75) is 19.6 Å². The molecule has 0 atom stereocenters. The monoisotopic (exact) mass is 432 g/mol. The van der Waals surface area contributed by atoms with Gasteiger partial charge in [0, 0.05) is 48.7 Å². The summed E-state index contributed by atoms with van der Waals surface area (Å²) in [7, 11) is 1.48. The Labute approximate surface area is 185 Å². The van der Waals surface area contributed by atoms with Gasteiger partial charge >= 0.3 is 6.01 Å². The number of hydrogen-bond acceptors (Lipinski definition) is 6. The van der Waals surface area contributed by atoms with Gasteiger partial charge in [-0.3, -0.25) is 9.59 Å². The molecule has 32 heavy (non-hydrogen) atoms. The van der Waals surface area contributed by atoms with Crippen molar-refractivity contribution >= 4 is 11.8 Å². The number of aliphatic hydroxyl groups excluding tert-OH is 1. The number of β-amino-alcohol motifs (C(OH)–C–C–N with tert-alkyl or cyclic N) is 1. The zero-order chi connectivity index (χ0) is 22.7. The van der Waals surface area contributed by atoms with Crippen molar-refractivity contribution in [3.05, 3.63) is 77.1 Å². The number of carbonyl (C=O) groups excluding carboxylic acids is 2. The van der Waals surface area contributed by atoms with Crippen molar-refractivity contribution in [2.75, 3.05) is 20.2 Å². The fourth-order valence-corrected chi connectivity index (χ4v) is 3.42. The number of likely N-dealkylation sites (tertiary alicyclic amines) is 1. The van der Waals surface area contributed by atoms with Gasteiger partial charge in [0.25, 0.3) is 11.8 Å². The van der Waals surface area contributed by atoms with Gasteiger partial charge in [0.15, 0.2) is 0 Å². The molecule has 2 N–H and O–H groups in total. The number of rotatable bonds is 6. The van der Waals surface area contributed by atoms with Crippen molar-refractivity contribution < 1.29 is 19.4 Å². The van der Waals surface area contributed by atoms with Crippen LogP contribution in [0.5, 0.6) is 6.01 Å². The lowest BCUT2D eigenvalue weighted by molar-refractivity contribution is 0.00589. The highest BCUT2D eigenvalue weighted by atomic mass is 16.5. The zero-order valence-electron chi connectivity index (χ0n) is 17.9. The molecule has 1 fully saturated rings. The molecule has 0 aliphatic carbocycles. The van der Waals surface area contributed by atoms with E-state index in [-0.39, 0.29) is 24.4 Å². The number of hydrogen-bond donors (Lipinski definition) is 2. The summed E-state index contributed by atoms with van der Waals surface area (Å²) >= 11 is 0. The van der Waals surface area contributed by atoms with Crippen LogP contribution < -0.4 is 10.1 Å². The Morgan fingerprint density at radius 1 is 1.06 bits per heavy atom. The second kappa shape index (κ2) is 9.15. The van der Waals surface area contributed by atoms with Gasteiger partial charge in [-0.05, 0) is 36.2 Å². The van der Waals surface area contributed by atoms with Crippen LogP contribution in [-0.4, -0.2) is 58.1 Å². The van der Waals surface area contributed by atoms with Gasteiger partial charge in [0.05, 0.1) is 13.2 Å². The van der Waals surface area contributed by atoms with Crippen LogP contribution in [-0.2, 0) is 6.54 Å². The van der Waals surface area contributed by atoms with Crippen LogP contribution in [0.1, 0.15) is 31.8 Å². The highest BCUT2D eigenvalue weighted by Gasteiger charge is 2.30. The maximum absolute atomic E-state index is 12.9. The third-order valence-electron chi connectivity index (χ3n) is 5.29. The molecule has 2 aromatic carbocycles. The highest BCUT2D eigenvalue weighted by Crippen LogP contribution is 2.25. The topological polar surface area (TPSA) is 105 Å². The number of nitrogens with zero attached hydrogens (tertiary/aromatic N) is 3. The first-order chi connectivity index (χ1) is 15.4. The first kappa shape index (κ1) is 21.5. The molecule has 8 heteroatoms. The fourth-order valence-electron chi connectivity index (χ4n) is 3.42. The summed E-state index contributed by atoms with van der Waals surface area (Å²) in [6.45, 7) is 2.83. The molecular weight excluding hydrogens is 408 g/mol. The van der Waals surface area contributed by atoms with Crippen molar-refractivity contribution in [1.29, 1.82) is 0 Å². The number of aromatic nitrogens is 2. The van der Waals surface area contributed by atoms with Gasteiger partial charge in [-0.25, -0.2) is 9.97 Å². The van der Waals surface area contributed by atoms with E-state index < -0.39 is 6.10 Å². The van der Waals surface area contributed by atoms with E-state index in [9.17, 15) is 14.7 Å². The molecule has 0 radical (unpaired) electrons. The van der Waals surface area contributed by atoms with Crippen LogP contribution in [0.3, 0.4) is 0 Å². The van der Waals surface area contributed by atoms with Gasteiger partial charge in [0.1, 0.15) is 0 Å². The van der Waals surface area contributed by atoms with Gasteiger partial charge in [-0.1, -0.05) is 29.8 Å². The molecule has 2 amide bonds. The van der Waals surface area contributed by atoms with Gasteiger partial charge in [0.2, 0.25) is 0 Å². The Bertz CT molecular complexity index is 1120. The molecule has 0 saturated carbocycles. The minimum atomic E-state index is -0.492. The van der Waals surface area contributed by atoms with Gasteiger partial charge in [-0.15, -0.1) is 0 Å². The minimum Gasteiger partial charge on any atom is -0.467 e. The van der Waals surface area contributed by atoms with E-state index in [1.165, 1.54) is 7.11 Å². The van der Waals surface area contributed by atoms with E-state index in [2.05, 4.69) is 15.3 Å². The molecule has 1 aliphatic heterocycles. The van der Waals surface area contributed by atoms with E-state index in [0.29, 0.717) is 24.2 Å².